The molecule has 1 aromatic carbocycles. The summed E-state index contributed by atoms with van der Waals surface area (Å²) < 4.78 is 0.597. The van der Waals surface area contributed by atoms with Gasteiger partial charge in [0.05, 0.1) is 0 Å². The summed E-state index contributed by atoms with van der Waals surface area (Å²) in [5, 5.41) is 10.2. The number of allylic oxidation sites excluding steroid dienone is 1. The molecule has 19 heavy (non-hydrogen) atoms. The SMILES string of the molecule is C=CCSC(=NC#N)S/C=C/C(=O)c1ccccc1. The largest absolute Gasteiger partial charge is 0.289 e. The zero-order chi connectivity index (χ0) is 13.9. The van der Waals surface area contributed by atoms with Gasteiger partial charge in [-0.05, 0) is 11.5 Å². The lowest BCUT2D eigenvalue weighted by molar-refractivity contribution is 0.104. The zero-order valence-electron chi connectivity index (χ0n) is 10.2. The molecule has 0 N–H and O–H groups in total. The third-order valence-corrected chi connectivity index (χ3v) is 3.86. The quantitative estimate of drug-likeness (QED) is 0.206. The van der Waals surface area contributed by atoms with E-state index in [0.29, 0.717) is 15.7 Å². The van der Waals surface area contributed by atoms with Crippen molar-refractivity contribution in [3.05, 3.63) is 60.0 Å². The summed E-state index contributed by atoms with van der Waals surface area (Å²) in [7, 11) is 0. The fourth-order valence-corrected chi connectivity index (χ4v) is 2.53. The second kappa shape index (κ2) is 9.20. The molecule has 0 radical (unpaired) electrons. The van der Waals surface area contributed by atoms with Crippen molar-refractivity contribution in [3.63, 3.8) is 0 Å². The van der Waals surface area contributed by atoms with Gasteiger partial charge in [0, 0.05) is 11.3 Å². The van der Waals surface area contributed by atoms with Gasteiger partial charge in [0.1, 0.15) is 4.38 Å². The second-order valence-corrected chi connectivity index (χ2v) is 5.39. The number of aliphatic imine (C=N–C) groups is 1. The molecule has 96 valence electrons. The molecular weight excluding hydrogens is 276 g/mol. The Kier molecular flexibility index (Phi) is 7.40. The highest BCUT2D eigenvalue weighted by atomic mass is 32.2. The van der Waals surface area contributed by atoms with Crippen LogP contribution >= 0.6 is 23.5 Å². The van der Waals surface area contributed by atoms with E-state index in [4.69, 9.17) is 5.26 Å². The molecule has 0 atom stereocenters. The van der Waals surface area contributed by atoms with Gasteiger partial charge in [0.2, 0.25) is 6.19 Å². The average Bonchev–Trinajstić information content (AvgIpc) is 2.45. The smallest absolute Gasteiger partial charge is 0.207 e. The van der Waals surface area contributed by atoms with Gasteiger partial charge in [0.25, 0.3) is 0 Å². The third kappa shape index (κ3) is 6.09. The zero-order valence-corrected chi connectivity index (χ0v) is 11.8. The fraction of sp³-hybridized carbons (Fsp3) is 0.0714. The van der Waals surface area contributed by atoms with Crippen molar-refractivity contribution in [2.24, 2.45) is 4.99 Å². The normalized spacial score (nSPS) is 11.2. The fourth-order valence-electron chi connectivity index (χ4n) is 1.12. The Morgan fingerprint density at radius 2 is 2.16 bits per heavy atom. The van der Waals surface area contributed by atoms with Crippen LogP contribution in [0.15, 0.2) is 59.5 Å². The van der Waals surface area contributed by atoms with E-state index in [9.17, 15) is 4.79 Å². The van der Waals surface area contributed by atoms with Crippen LogP contribution in [0.4, 0.5) is 0 Å². The van der Waals surface area contributed by atoms with E-state index < -0.39 is 0 Å². The van der Waals surface area contributed by atoms with E-state index in [1.54, 1.807) is 29.8 Å². The van der Waals surface area contributed by atoms with Crippen LogP contribution in [-0.2, 0) is 0 Å². The van der Waals surface area contributed by atoms with Crippen molar-refractivity contribution in [1.29, 1.82) is 5.26 Å². The molecule has 0 heterocycles. The second-order valence-electron chi connectivity index (χ2n) is 3.23. The number of thioether (sulfide) groups is 2. The van der Waals surface area contributed by atoms with Gasteiger partial charge in [-0.2, -0.15) is 10.3 Å². The molecule has 0 spiro atoms. The maximum atomic E-state index is 11.8. The number of benzene rings is 1. The number of carbonyl (C=O) groups is 1. The molecule has 0 bridgehead atoms. The van der Waals surface area contributed by atoms with E-state index in [2.05, 4.69) is 11.6 Å². The number of hydrogen-bond donors (Lipinski definition) is 0. The van der Waals surface area contributed by atoms with E-state index in [0.717, 1.165) is 0 Å². The van der Waals surface area contributed by atoms with Gasteiger partial charge >= 0.3 is 0 Å². The summed E-state index contributed by atoms with van der Waals surface area (Å²) >= 11 is 2.65. The number of nitriles is 1. The van der Waals surface area contributed by atoms with E-state index in [1.165, 1.54) is 29.6 Å². The standard InChI is InChI=1S/C14H12N2OS2/c1-2-9-18-14(16-11-15)19-10-8-13(17)12-6-4-3-5-7-12/h2-8,10H,1,9H2/b10-8+,16-14?. The molecular formula is C14H12N2OS2. The van der Waals surface area contributed by atoms with Crippen LogP contribution < -0.4 is 0 Å². The minimum atomic E-state index is -0.0712. The van der Waals surface area contributed by atoms with E-state index in [1.807, 2.05) is 18.2 Å². The Balaban J connectivity index is 2.57. The lowest BCUT2D eigenvalue weighted by Crippen LogP contribution is -1.92. The van der Waals surface area contributed by atoms with Gasteiger partial charge in [-0.1, -0.05) is 59.9 Å². The predicted octanol–water partition coefficient (Wildman–Crippen LogP) is 3.87. The highest BCUT2D eigenvalue weighted by Gasteiger charge is 2.01. The highest BCUT2D eigenvalue weighted by Crippen LogP contribution is 2.18. The first-order valence-electron chi connectivity index (χ1n) is 5.41. The summed E-state index contributed by atoms with van der Waals surface area (Å²) in [6.45, 7) is 3.60. The van der Waals surface area contributed by atoms with E-state index in [-0.39, 0.29) is 5.78 Å². The molecule has 0 aromatic heterocycles. The minimum absolute atomic E-state index is 0.0712. The van der Waals surface area contributed by atoms with Crippen molar-refractivity contribution in [2.45, 2.75) is 0 Å². The summed E-state index contributed by atoms with van der Waals surface area (Å²) in [5.41, 5.74) is 0.636. The van der Waals surface area contributed by atoms with E-state index >= 15 is 0 Å². The number of ketones is 1. The molecule has 0 saturated carbocycles. The minimum Gasteiger partial charge on any atom is -0.289 e. The Labute approximate surface area is 121 Å². The first kappa shape index (κ1) is 15.3. The number of nitrogens with zero attached hydrogens (tertiary/aromatic N) is 2. The molecule has 0 amide bonds. The lowest BCUT2D eigenvalue weighted by Gasteiger charge is -1.97. The van der Waals surface area contributed by atoms with Crippen LogP contribution in [-0.4, -0.2) is 15.9 Å². The van der Waals surface area contributed by atoms with Crippen molar-refractivity contribution in [3.8, 4) is 6.19 Å². The molecule has 0 saturated heterocycles. The molecule has 0 fully saturated rings. The number of hydrogen-bond acceptors (Lipinski definition) is 5. The Hall–Kier alpha value is -1.77. The maximum absolute atomic E-state index is 11.8. The van der Waals surface area contributed by atoms with Crippen molar-refractivity contribution < 1.29 is 4.79 Å². The molecule has 0 aliphatic carbocycles. The highest BCUT2D eigenvalue weighted by molar-refractivity contribution is 8.40. The van der Waals surface area contributed by atoms with Gasteiger partial charge < -0.3 is 0 Å². The van der Waals surface area contributed by atoms with Gasteiger partial charge in [-0.15, -0.1) is 6.58 Å². The van der Waals surface area contributed by atoms with Crippen LogP contribution in [0.3, 0.4) is 0 Å². The molecule has 1 aromatic rings. The molecule has 0 unspecified atom stereocenters. The van der Waals surface area contributed by atoms with Gasteiger partial charge in [0.15, 0.2) is 5.78 Å². The molecule has 0 aliphatic heterocycles. The molecule has 3 nitrogen and oxygen atoms in total. The first-order chi connectivity index (χ1) is 9.27. The summed E-state index contributed by atoms with van der Waals surface area (Å²) in [6, 6.07) is 9.01. The summed E-state index contributed by atoms with van der Waals surface area (Å²) in [4.78, 5) is 15.4. The van der Waals surface area contributed by atoms with Crippen molar-refractivity contribution in [1.82, 2.24) is 0 Å². The van der Waals surface area contributed by atoms with Crippen LogP contribution in [0.2, 0.25) is 0 Å². The van der Waals surface area contributed by atoms with Crippen LogP contribution in [0.25, 0.3) is 0 Å². The van der Waals surface area contributed by atoms with Crippen molar-refractivity contribution in [2.75, 3.05) is 5.75 Å². The lowest BCUT2D eigenvalue weighted by atomic mass is 10.1. The Morgan fingerprint density at radius 1 is 1.42 bits per heavy atom. The Morgan fingerprint density at radius 3 is 2.79 bits per heavy atom. The van der Waals surface area contributed by atoms with Gasteiger partial charge in [-0.3, -0.25) is 4.79 Å². The van der Waals surface area contributed by atoms with Crippen molar-refractivity contribution >= 4 is 33.7 Å². The topological polar surface area (TPSA) is 53.2 Å². The van der Waals surface area contributed by atoms with Gasteiger partial charge in [-0.25, -0.2) is 0 Å². The van der Waals surface area contributed by atoms with Crippen LogP contribution in [0.5, 0.6) is 0 Å². The summed E-state index contributed by atoms with van der Waals surface area (Å²) in [5.74, 6) is 0.603. The first-order valence-corrected chi connectivity index (χ1v) is 7.27. The Bertz CT molecular complexity index is 530. The number of carbonyl (C=O) groups excluding carboxylic acids is 1. The molecule has 1 rings (SSSR count). The average molecular weight is 288 g/mol. The number of rotatable bonds is 5. The molecule has 5 heteroatoms. The molecule has 0 aliphatic rings. The summed E-state index contributed by atoms with van der Waals surface area (Å²) in [6.07, 6.45) is 4.95. The predicted molar refractivity (Wildman–Crippen MR) is 83.2 cm³/mol. The third-order valence-electron chi connectivity index (χ3n) is 1.91. The monoisotopic (exact) mass is 288 g/mol. The van der Waals surface area contributed by atoms with Crippen LogP contribution in [0.1, 0.15) is 10.4 Å². The maximum Gasteiger partial charge on any atom is 0.207 e. The van der Waals surface area contributed by atoms with Crippen LogP contribution in [0, 0.1) is 11.5 Å².